The highest BCUT2D eigenvalue weighted by atomic mass is 32.2. The SMILES string of the molecule is COCCn1c(CN(C[C@@H]2CCCO2)C(=S)NC2CC2)cnc1S(=O)(=O)Cc1cccc(OC)c1. The molecule has 2 aliphatic rings. The number of rotatable bonds is 12. The Balaban J connectivity index is 1.58. The molecule has 0 bridgehead atoms. The second-order valence-electron chi connectivity index (χ2n) is 9.03. The highest BCUT2D eigenvalue weighted by molar-refractivity contribution is 7.90. The van der Waals surface area contributed by atoms with E-state index in [1.54, 1.807) is 49.2 Å². The topological polar surface area (TPSA) is 94.9 Å². The van der Waals surface area contributed by atoms with Gasteiger partial charge in [0.05, 0.1) is 44.0 Å². The summed E-state index contributed by atoms with van der Waals surface area (Å²) >= 11 is 5.72. The monoisotopic (exact) mass is 522 g/mol. The Bertz CT molecular complexity index is 1110. The highest BCUT2D eigenvalue weighted by Crippen LogP contribution is 2.23. The van der Waals surface area contributed by atoms with Crippen molar-refractivity contribution in [1.82, 2.24) is 19.8 Å². The summed E-state index contributed by atoms with van der Waals surface area (Å²) in [5.74, 6) is 0.442. The van der Waals surface area contributed by atoms with E-state index in [0.29, 0.717) is 48.7 Å². The van der Waals surface area contributed by atoms with Crippen LogP contribution >= 0.6 is 12.2 Å². The summed E-state index contributed by atoms with van der Waals surface area (Å²) in [6.07, 6.45) is 6.01. The van der Waals surface area contributed by atoms with Gasteiger partial charge in [0.2, 0.25) is 15.0 Å². The minimum atomic E-state index is -3.72. The lowest BCUT2D eigenvalue weighted by molar-refractivity contribution is 0.0890. The number of benzene rings is 1. The average molecular weight is 523 g/mol. The summed E-state index contributed by atoms with van der Waals surface area (Å²) < 4.78 is 44.9. The van der Waals surface area contributed by atoms with E-state index in [1.165, 1.54) is 0 Å². The number of sulfone groups is 1. The zero-order chi connectivity index (χ0) is 24.8. The van der Waals surface area contributed by atoms with Crippen LogP contribution in [0.5, 0.6) is 5.75 Å². The molecular formula is C24H34N4O5S2. The Morgan fingerprint density at radius 1 is 1.31 bits per heavy atom. The maximum Gasteiger partial charge on any atom is 0.228 e. The summed E-state index contributed by atoms with van der Waals surface area (Å²) in [6, 6.07) is 7.49. The zero-order valence-electron chi connectivity index (χ0n) is 20.3. The second kappa shape index (κ2) is 11.7. The predicted molar refractivity (Wildman–Crippen MR) is 136 cm³/mol. The molecule has 11 heteroatoms. The lowest BCUT2D eigenvalue weighted by atomic mass is 10.2. The molecule has 0 unspecified atom stereocenters. The number of hydrogen-bond acceptors (Lipinski definition) is 7. The van der Waals surface area contributed by atoms with Crippen molar-refractivity contribution in [2.45, 2.75) is 61.8 Å². The molecule has 2 aromatic rings. The smallest absolute Gasteiger partial charge is 0.228 e. The summed E-state index contributed by atoms with van der Waals surface area (Å²) in [5.41, 5.74) is 1.41. The van der Waals surface area contributed by atoms with Gasteiger partial charge in [-0.3, -0.25) is 0 Å². The standard InChI is InChI=1S/C24H34N4O5S2/c1-31-12-10-28-20(15-27(16-22-7-4-11-33-22)23(34)26-19-8-9-19)14-25-24(28)35(29,30)17-18-5-3-6-21(13-18)32-2/h3,5-6,13-14,19,22H,4,7-12,15-17H2,1-2H3,(H,26,34)/t22-/m0/s1. The molecule has 192 valence electrons. The van der Waals surface area contributed by atoms with Crippen molar-refractivity contribution in [1.29, 1.82) is 0 Å². The molecule has 0 amide bonds. The molecule has 1 N–H and O–H groups in total. The van der Waals surface area contributed by atoms with E-state index < -0.39 is 9.84 Å². The lowest BCUT2D eigenvalue weighted by Gasteiger charge is -2.28. The fourth-order valence-electron chi connectivity index (χ4n) is 4.18. The number of hydrogen-bond donors (Lipinski definition) is 1. The normalized spacial score (nSPS) is 17.9. The Morgan fingerprint density at radius 2 is 2.14 bits per heavy atom. The van der Waals surface area contributed by atoms with E-state index in [2.05, 4.69) is 15.2 Å². The number of imidazole rings is 1. The largest absolute Gasteiger partial charge is 0.497 e. The third-order valence-corrected chi connectivity index (χ3v) is 8.15. The molecule has 1 saturated carbocycles. The van der Waals surface area contributed by atoms with E-state index in [9.17, 15) is 8.42 Å². The minimum Gasteiger partial charge on any atom is -0.497 e. The third-order valence-electron chi connectivity index (χ3n) is 6.18. The van der Waals surface area contributed by atoms with Gasteiger partial charge in [0.1, 0.15) is 5.75 Å². The maximum absolute atomic E-state index is 13.4. The molecule has 4 rings (SSSR count). The number of nitrogens with zero attached hydrogens (tertiary/aromatic N) is 3. The summed E-state index contributed by atoms with van der Waals surface area (Å²) in [5, 5.41) is 4.11. The predicted octanol–water partition coefficient (Wildman–Crippen LogP) is 2.53. The van der Waals surface area contributed by atoms with Gasteiger partial charge in [-0.1, -0.05) is 12.1 Å². The molecule has 2 fully saturated rings. The van der Waals surface area contributed by atoms with Crippen LogP contribution in [0, 0.1) is 0 Å². The first-order valence-corrected chi connectivity index (χ1v) is 14.0. The van der Waals surface area contributed by atoms with E-state index in [0.717, 1.165) is 38.0 Å². The molecule has 1 saturated heterocycles. The van der Waals surface area contributed by atoms with Crippen LogP contribution in [-0.4, -0.2) is 74.1 Å². The molecule has 1 aliphatic carbocycles. The van der Waals surface area contributed by atoms with Crippen LogP contribution in [0.4, 0.5) is 0 Å². The highest BCUT2D eigenvalue weighted by Gasteiger charge is 2.29. The van der Waals surface area contributed by atoms with Crippen LogP contribution in [-0.2, 0) is 38.2 Å². The van der Waals surface area contributed by atoms with Crippen molar-refractivity contribution < 1.29 is 22.6 Å². The van der Waals surface area contributed by atoms with Crippen LogP contribution in [0.2, 0.25) is 0 Å². The van der Waals surface area contributed by atoms with Gasteiger partial charge in [0, 0.05) is 32.8 Å². The van der Waals surface area contributed by atoms with Crippen LogP contribution in [0.15, 0.2) is 35.6 Å². The summed E-state index contributed by atoms with van der Waals surface area (Å²) in [7, 11) is -0.562. The number of nitrogens with one attached hydrogen (secondary N) is 1. The maximum atomic E-state index is 13.4. The van der Waals surface area contributed by atoms with Crippen molar-refractivity contribution in [2.24, 2.45) is 0 Å². The average Bonchev–Trinajstić information content (AvgIpc) is 3.32. The van der Waals surface area contributed by atoms with Gasteiger partial charge in [-0.2, -0.15) is 0 Å². The molecule has 1 aliphatic heterocycles. The van der Waals surface area contributed by atoms with E-state index in [1.807, 2.05) is 0 Å². The minimum absolute atomic E-state index is 0.0329. The number of methoxy groups -OCH3 is 2. The first-order valence-electron chi connectivity index (χ1n) is 12.0. The molecule has 0 spiro atoms. The fourth-order valence-corrected chi connectivity index (χ4v) is 5.99. The molecule has 1 atom stereocenters. The van der Waals surface area contributed by atoms with Crippen molar-refractivity contribution in [3.8, 4) is 5.75 Å². The molecular weight excluding hydrogens is 488 g/mol. The van der Waals surface area contributed by atoms with E-state index in [4.69, 9.17) is 26.4 Å². The Labute approximate surface area is 212 Å². The first kappa shape index (κ1) is 25.9. The summed E-state index contributed by atoms with van der Waals surface area (Å²) in [4.78, 5) is 6.44. The lowest BCUT2D eigenvalue weighted by Crippen LogP contribution is -2.44. The van der Waals surface area contributed by atoms with Crippen LogP contribution in [0.25, 0.3) is 0 Å². The molecule has 2 heterocycles. The third kappa shape index (κ3) is 6.93. The Kier molecular flexibility index (Phi) is 8.64. The molecule has 35 heavy (non-hydrogen) atoms. The van der Waals surface area contributed by atoms with Crippen molar-refractivity contribution in [3.63, 3.8) is 0 Å². The van der Waals surface area contributed by atoms with Crippen LogP contribution in [0.3, 0.4) is 0 Å². The van der Waals surface area contributed by atoms with E-state index in [-0.39, 0.29) is 17.0 Å². The number of ether oxygens (including phenoxy) is 3. The van der Waals surface area contributed by atoms with Gasteiger partial charge in [0.15, 0.2) is 5.11 Å². The Hall–Kier alpha value is -2.21. The zero-order valence-corrected chi connectivity index (χ0v) is 21.9. The first-order chi connectivity index (χ1) is 16.9. The second-order valence-corrected chi connectivity index (χ2v) is 11.3. The van der Waals surface area contributed by atoms with Gasteiger partial charge in [-0.25, -0.2) is 13.4 Å². The van der Waals surface area contributed by atoms with Crippen molar-refractivity contribution in [3.05, 3.63) is 41.7 Å². The van der Waals surface area contributed by atoms with Crippen molar-refractivity contribution >= 4 is 27.2 Å². The van der Waals surface area contributed by atoms with Gasteiger partial charge >= 0.3 is 0 Å². The molecule has 1 aromatic carbocycles. The molecule has 0 radical (unpaired) electrons. The van der Waals surface area contributed by atoms with E-state index >= 15 is 0 Å². The number of aromatic nitrogens is 2. The molecule has 1 aromatic heterocycles. The van der Waals surface area contributed by atoms with Crippen LogP contribution < -0.4 is 10.1 Å². The van der Waals surface area contributed by atoms with Gasteiger partial charge in [0.25, 0.3) is 0 Å². The van der Waals surface area contributed by atoms with Gasteiger partial charge in [-0.15, -0.1) is 0 Å². The number of thiocarbonyl (C=S) groups is 1. The molecule has 9 nitrogen and oxygen atoms in total. The van der Waals surface area contributed by atoms with Gasteiger partial charge < -0.3 is 29.0 Å². The van der Waals surface area contributed by atoms with Crippen LogP contribution in [0.1, 0.15) is 36.9 Å². The summed E-state index contributed by atoms with van der Waals surface area (Å²) in [6.45, 7) is 2.58. The van der Waals surface area contributed by atoms with Crippen molar-refractivity contribution in [2.75, 3.05) is 34.0 Å². The Morgan fingerprint density at radius 3 is 2.83 bits per heavy atom. The van der Waals surface area contributed by atoms with Gasteiger partial charge in [-0.05, 0) is 55.6 Å². The quantitative estimate of drug-likeness (QED) is 0.422. The fraction of sp³-hybridized carbons (Fsp3) is 0.583.